The van der Waals surface area contributed by atoms with E-state index in [9.17, 15) is 4.79 Å². The number of carbonyl (C=O) groups excluding carboxylic acids is 1. The molecule has 0 radical (unpaired) electrons. The standard InChI is InChI=1S/C28H42O4SSi/c1-19-18-27-17-11-10-12-20(24(27)32-34(5,6)26(2,3)4)15-16-22(33-21-13-8-7-9-14-21)28(27)23(19)30-25(29)31-28/h7-9,13-14,19-20,22-24H,10-12,15-18H2,1-6H3/t19-,20+,22+,23+,24+,27-,28+/m1/s1. The molecule has 5 rings (SSSR count). The average molecular weight is 503 g/mol. The summed E-state index contributed by atoms with van der Waals surface area (Å²) >= 11 is 1.90. The number of rotatable bonds is 4. The number of hydrogen-bond donors (Lipinski definition) is 0. The van der Waals surface area contributed by atoms with Crippen molar-refractivity contribution in [2.45, 2.75) is 119 Å². The van der Waals surface area contributed by atoms with Crippen LogP contribution in [0.5, 0.6) is 0 Å². The monoisotopic (exact) mass is 502 g/mol. The molecule has 4 aliphatic rings. The molecule has 1 aromatic carbocycles. The molecular formula is C28H42O4SSi. The predicted octanol–water partition coefficient (Wildman–Crippen LogP) is 7.82. The zero-order valence-electron chi connectivity index (χ0n) is 21.8. The van der Waals surface area contributed by atoms with Gasteiger partial charge in [0, 0.05) is 10.3 Å². The summed E-state index contributed by atoms with van der Waals surface area (Å²) in [4.78, 5) is 14.1. The van der Waals surface area contributed by atoms with Gasteiger partial charge >= 0.3 is 6.16 Å². The van der Waals surface area contributed by atoms with Gasteiger partial charge in [-0.3, -0.25) is 0 Å². The molecule has 188 valence electrons. The number of hydrogen-bond acceptors (Lipinski definition) is 5. The minimum absolute atomic E-state index is 0.124. The van der Waals surface area contributed by atoms with Gasteiger partial charge in [-0.1, -0.05) is 58.7 Å². The maximum absolute atomic E-state index is 12.9. The second kappa shape index (κ2) is 8.55. The van der Waals surface area contributed by atoms with E-state index in [4.69, 9.17) is 13.9 Å². The number of carbonyl (C=O) groups is 1. The van der Waals surface area contributed by atoms with Gasteiger partial charge in [-0.05, 0) is 74.2 Å². The van der Waals surface area contributed by atoms with E-state index < -0.39 is 20.1 Å². The third-order valence-corrected chi connectivity index (χ3v) is 15.7. The van der Waals surface area contributed by atoms with Crippen LogP contribution in [0.25, 0.3) is 0 Å². The Labute approximate surface area is 211 Å². The van der Waals surface area contributed by atoms with E-state index in [0.29, 0.717) is 5.92 Å². The molecule has 0 N–H and O–H groups in total. The van der Waals surface area contributed by atoms with Crippen molar-refractivity contribution >= 4 is 26.2 Å². The summed E-state index contributed by atoms with van der Waals surface area (Å²) in [7, 11) is -2.04. The van der Waals surface area contributed by atoms with Crippen LogP contribution < -0.4 is 0 Å². The van der Waals surface area contributed by atoms with Crippen LogP contribution in [0, 0.1) is 17.3 Å². The Kier molecular flexibility index (Phi) is 6.21. The molecule has 7 atom stereocenters. The minimum Gasteiger partial charge on any atom is -0.426 e. The molecule has 0 unspecified atom stereocenters. The van der Waals surface area contributed by atoms with Gasteiger partial charge in [-0.2, -0.15) is 0 Å². The minimum atomic E-state index is -2.04. The quantitative estimate of drug-likeness (QED) is 0.310. The Morgan fingerprint density at radius 3 is 2.53 bits per heavy atom. The lowest BCUT2D eigenvalue weighted by Crippen LogP contribution is -2.63. The van der Waals surface area contributed by atoms with E-state index in [-0.39, 0.29) is 33.8 Å². The van der Waals surface area contributed by atoms with Crippen molar-refractivity contribution in [3.8, 4) is 0 Å². The Morgan fingerprint density at radius 2 is 1.82 bits per heavy atom. The first kappa shape index (κ1) is 24.7. The third-order valence-electron chi connectivity index (χ3n) is 9.83. The van der Waals surface area contributed by atoms with Crippen LogP contribution in [-0.2, 0) is 13.9 Å². The SMILES string of the molecule is C[C@@H]1C[C@@]23CCCC[C@@H](CC[C@H](Sc4ccccc4)[C@@]24OC(=O)O[C@@H]14)[C@@H]3O[Si](C)(C)C(C)(C)C. The van der Waals surface area contributed by atoms with Crippen molar-refractivity contribution in [2.24, 2.45) is 17.3 Å². The summed E-state index contributed by atoms with van der Waals surface area (Å²) in [6.45, 7) is 14.0. The van der Waals surface area contributed by atoms with Crippen molar-refractivity contribution < 1.29 is 18.7 Å². The first-order valence-corrected chi connectivity index (χ1v) is 17.1. The van der Waals surface area contributed by atoms with Gasteiger partial charge in [-0.15, -0.1) is 11.8 Å². The Bertz CT molecular complexity index is 915. The van der Waals surface area contributed by atoms with E-state index in [1.165, 1.54) is 24.2 Å². The second-order valence-corrected chi connectivity index (χ2v) is 18.9. The van der Waals surface area contributed by atoms with Crippen molar-refractivity contribution in [1.82, 2.24) is 0 Å². The lowest BCUT2D eigenvalue weighted by molar-refractivity contribution is -0.120. The average Bonchev–Trinajstić information content (AvgIpc) is 3.13. The first-order chi connectivity index (χ1) is 16.0. The molecule has 3 aliphatic carbocycles. The van der Waals surface area contributed by atoms with Crippen molar-refractivity contribution in [3.05, 3.63) is 30.3 Å². The maximum atomic E-state index is 12.9. The van der Waals surface area contributed by atoms with E-state index in [2.05, 4.69) is 71.1 Å². The Morgan fingerprint density at radius 1 is 1.09 bits per heavy atom. The van der Waals surface area contributed by atoms with Crippen LogP contribution in [0.1, 0.15) is 72.6 Å². The van der Waals surface area contributed by atoms with Crippen LogP contribution in [0.15, 0.2) is 35.2 Å². The molecule has 34 heavy (non-hydrogen) atoms. The first-order valence-electron chi connectivity index (χ1n) is 13.3. The predicted molar refractivity (Wildman–Crippen MR) is 140 cm³/mol. The molecule has 0 aromatic heterocycles. The molecule has 1 aromatic rings. The summed E-state index contributed by atoms with van der Waals surface area (Å²) in [6.07, 6.45) is 7.34. The Balaban J connectivity index is 1.66. The fourth-order valence-electron chi connectivity index (χ4n) is 7.36. The molecule has 0 amide bonds. The highest BCUT2D eigenvalue weighted by molar-refractivity contribution is 8.00. The summed E-state index contributed by atoms with van der Waals surface area (Å²) < 4.78 is 20.0. The lowest BCUT2D eigenvalue weighted by atomic mass is 9.65. The molecule has 2 bridgehead atoms. The van der Waals surface area contributed by atoms with Crippen LogP contribution in [-0.4, -0.2) is 37.5 Å². The number of fused-ring (bicyclic) bond motifs is 1. The number of benzene rings is 1. The van der Waals surface area contributed by atoms with Crippen LogP contribution in [0.4, 0.5) is 4.79 Å². The van der Waals surface area contributed by atoms with Gasteiger partial charge in [0.25, 0.3) is 0 Å². The van der Waals surface area contributed by atoms with Crippen molar-refractivity contribution in [1.29, 1.82) is 0 Å². The van der Waals surface area contributed by atoms with E-state index in [1.54, 1.807) is 0 Å². The number of thioether (sulfide) groups is 1. The lowest BCUT2D eigenvalue weighted by Gasteiger charge is -2.52. The van der Waals surface area contributed by atoms with Crippen LogP contribution >= 0.6 is 11.8 Å². The van der Waals surface area contributed by atoms with Gasteiger partial charge in [0.15, 0.2) is 13.9 Å². The normalized spacial score (nSPS) is 39.9. The second-order valence-electron chi connectivity index (χ2n) is 12.8. The molecule has 3 saturated carbocycles. The summed E-state index contributed by atoms with van der Waals surface area (Å²) in [6, 6.07) is 10.6. The van der Waals surface area contributed by atoms with Gasteiger partial charge in [0.2, 0.25) is 0 Å². The van der Waals surface area contributed by atoms with Gasteiger partial charge in [0.05, 0.1) is 11.4 Å². The molecule has 2 spiro atoms. The fraction of sp³-hybridized carbons (Fsp3) is 0.750. The highest BCUT2D eigenvalue weighted by atomic mass is 32.2. The molecule has 6 heteroatoms. The number of ether oxygens (including phenoxy) is 2. The van der Waals surface area contributed by atoms with E-state index in [1.807, 2.05) is 11.8 Å². The molecule has 4 fully saturated rings. The smallest absolute Gasteiger partial charge is 0.426 e. The highest BCUT2D eigenvalue weighted by Gasteiger charge is 2.77. The van der Waals surface area contributed by atoms with Gasteiger partial charge in [-0.25, -0.2) is 4.79 Å². The summed E-state index contributed by atoms with van der Waals surface area (Å²) in [5.41, 5.74) is -0.820. The van der Waals surface area contributed by atoms with Crippen molar-refractivity contribution in [2.75, 3.05) is 0 Å². The molecule has 4 nitrogen and oxygen atoms in total. The molecular weight excluding hydrogens is 460 g/mol. The highest BCUT2D eigenvalue weighted by Crippen LogP contribution is 2.68. The molecule has 1 aliphatic heterocycles. The third kappa shape index (κ3) is 3.69. The van der Waals surface area contributed by atoms with Crippen molar-refractivity contribution in [3.63, 3.8) is 0 Å². The largest absolute Gasteiger partial charge is 0.509 e. The zero-order chi connectivity index (χ0) is 24.4. The topological polar surface area (TPSA) is 44.8 Å². The fourth-order valence-corrected chi connectivity index (χ4v) is 10.3. The van der Waals surface area contributed by atoms with E-state index >= 15 is 0 Å². The van der Waals surface area contributed by atoms with E-state index in [0.717, 1.165) is 25.7 Å². The van der Waals surface area contributed by atoms with Gasteiger partial charge in [0.1, 0.15) is 6.10 Å². The maximum Gasteiger partial charge on any atom is 0.509 e. The van der Waals surface area contributed by atoms with Crippen LogP contribution in [0.2, 0.25) is 18.1 Å². The van der Waals surface area contributed by atoms with Crippen LogP contribution in [0.3, 0.4) is 0 Å². The summed E-state index contributed by atoms with van der Waals surface area (Å²) in [5.74, 6) is 0.785. The molecule has 1 saturated heterocycles. The molecule has 1 heterocycles. The van der Waals surface area contributed by atoms with Gasteiger partial charge < -0.3 is 13.9 Å². The summed E-state index contributed by atoms with van der Waals surface area (Å²) in [5, 5.41) is 0.307. The Hall–Kier alpha value is -0.983. The zero-order valence-corrected chi connectivity index (χ0v) is 23.6.